The lowest BCUT2D eigenvalue weighted by Gasteiger charge is -2.35. The summed E-state index contributed by atoms with van der Waals surface area (Å²) in [6.07, 6.45) is 2.83. The maximum atomic E-state index is 12.8. The fourth-order valence-electron chi connectivity index (χ4n) is 3.16. The van der Waals surface area contributed by atoms with Gasteiger partial charge in [0, 0.05) is 18.9 Å². The molecule has 1 aliphatic rings. The molecule has 4 rings (SSSR count). The van der Waals surface area contributed by atoms with Gasteiger partial charge in [0.25, 0.3) is 5.91 Å². The molecule has 0 saturated heterocycles. The maximum absolute atomic E-state index is 12.8. The Balaban J connectivity index is 1.52. The summed E-state index contributed by atoms with van der Waals surface area (Å²) in [4.78, 5) is 11.3. The first kappa shape index (κ1) is 17.1. The van der Waals surface area contributed by atoms with Crippen molar-refractivity contribution < 1.29 is 19.0 Å². The van der Waals surface area contributed by atoms with E-state index in [2.05, 4.69) is 22.1 Å². The normalized spacial score (nSPS) is 18.7. The molecule has 7 heteroatoms. The predicted octanol–water partition coefficient (Wildman–Crippen LogP) is 3.44. The Kier molecular flexibility index (Phi) is 4.27. The molecule has 2 aromatic carbocycles. The van der Waals surface area contributed by atoms with Crippen LogP contribution in [-0.2, 0) is 4.79 Å². The number of aromatic amines is 1. The largest absolute Gasteiger partial charge is 0.508 e. The molecular formula is C20H18FN3O3. The lowest BCUT2D eigenvalue weighted by molar-refractivity contribution is -0.120. The van der Waals surface area contributed by atoms with Crippen molar-refractivity contribution in [1.82, 2.24) is 15.5 Å². The molecule has 1 aromatic heterocycles. The van der Waals surface area contributed by atoms with Gasteiger partial charge in [0.2, 0.25) is 0 Å². The molecule has 0 atom stereocenters. The smallest absolute Gasteiger partial charge is 0.279 e. The first-order valence-electron chi connectivity index (χ1n) is 8.58. The van der Waals surface area contributed by atoms with Crippen LogP contribution in [0.5, 0.6) is 11.5 Å². The number of benzene rings is 2. The van der Waals surface area contributed by atoms with Crippen molar-refractivity contribution in [3.8, 4) is 22.6 Å². The van der Waals surface area contributed by atoms with Gasteiger partial charge in [-0.2, -0.15) is 5.10 Å². The summed E-state index contributed by atoms with van der Waals surface area (Å²) in [6.45, 7) is 2.99. The Hall–Kier alpha value is -3.35. The fourth-order valence-corrected chi connectivity index (χ4v) is 3.16. The Bertz CT molecular complexity index is 1010. The van der Waals surface area contributed by atoms with Gasteiger partial charge in [-0.3, -0.25) is 9.89 Å². The molecule has 1 saturated carbocycles. The van der Waals surface area contributed by atoms with E-state index in [1.165, 1.54) is 0 Å². The summed E-state index contributed by atoms with van der Waals surface area (Å²) >= 11 is 0. The van der Waals surface area contributed by atoms with E-state index in [4.69, 9.17) is 4.74 Å². The zero-order valence-corrected chi connectivity index (χ0v) is 14.4. The van der Waals surface area contributed by atoms with Gasteiger partial charge in [0.1, 0.15) is 17.6 Å². The molecule has 3 N–H and O–H groups in total. The third kappa shape index (κ3) is 3.48. The molecule has 138 valence electrons. The highest BCUT2D eigenvalue weighted by Gasteiger charge is 2.33. The molecule has 0 bridgehead atoms. The van der Waals surface area contributed by atoms with Crippen LogP contribution in [-0.4, -0.2) is 33.4 Å². The first-order chi connectivity index (χ1) is 13.0. The number of halogens is 1. The SMILES string of the molecule is C=C(F)C(=O)NC1CC(Oc2cc(-c3ccc(O)cc3)cc3[nH]ncc23)C1. The van der Waals surface area contributed by atoms with Crippen molar-refractivity contribution in [1.29, 1.82) is 0 Å². The summed E-state index contributed by atoms with van der Waals surface area (Å²) in [6, 6.07) is 10.7. The van der Waals surface area contributed by atoms with Crippen molar-refractivity contribution in [2.45, 2.75) is 25.0 Å². The van der Waals surface area contributed by atoms with Gasteiger partial charge >= 0.3 is 0 Å². The molecule has 3 aromatic rings. The minimum absolute atomic E-state index is 0.0728. The lowest BCUT2D eigenvalue weighted by Crippen LogP contribution is -2.49. The highest BCUT2D eigenvalue weighted by atomic mass is 19.1. The summed E-state index contributed by atoms with van der Waals surface area (Å²) in [5.74, 6) is -0.864. The van der Waals surface area contributed by atoms with Crippen LogP contribution in [0.2, 0.25) is 0 Å². The van der Waals surface area contributed by atoms with E-state index in [1.54, 1.807) is 18.3 Å². The molecule has 1 fully saturated rings. The molecule has 1 amide bonds. The number of aromatic hydroxyl groups is 1. The number of hydrogen-bond donors (Lipinski definition) is 3. The number of phenols is 1. The van der Waals surface area contributed by atoms with Crippen molar-refractivity contribution in [3.63, 3.8) is 0 Å². The van der Waals surface area contributed by atoms with Crippen molar-refractivity contribution in [3.05, 3.63) is 55.0 Å². The zero-order valence-electron chi connectivity index (χ0n) is 14.4. The van der Waals surface area contributed by atoms with E-state index in [0.717, 1.165) is 22.0 Å². The number of nitrogens with zero attached hydrogens (tertiary/aromatic N) is 1. The van der Waals surface area contributed by atoms with E-state index < -0.39 is 11.7 Å². The Morgan fingerprint density at radius 1 is 1.26 bits per heavy atom. The third-order valence-electron chi connectivity index (χ3n) is 4.69. The van der Waals surface area contributed by atoms with Crippen LogP contribution < -0.4 is 10.1 Å². The number of nitrogens with one attached hydrogen (secondary N) is 2. The number of amides is 1. The Morgan fingerprint density at radius 2 is 2.00 bits per heavy atom. The van der Waals surface area contributed by atoms with Gasteiger partial charge in [-0.15, -0.1) is 0 Å². The standard InChI is InChI=1S/C20H18FN3O3/c1-11(21)20(26)23-14-8-16(9-14)27-19-7-13(6-18-17(19)10-22-24-18)12-2-4-15(25)5-3-12/h2-7,10,14,16,25H,1,8-9H2,(H,22,24)(H,23,26). The number of aromatic nitrogens is 2. The van der Waals surface area contributed by atoms with E-state index >= 15 is 0 Å². The predicted molar refractivity (Wildman–Crippen MR) is 99.0 cm³/mol. The molecule has 0 spiro atoms. The van der Waals surface area contributed by atoms with E-state index in [0.29, 0.717) is 18.6 Å². The molecule has 0 unspecified atom stereocenters. The van der Waals surface area contributed by atoms with Gasteiger partial charge in [0.05, 0.1) is 17.1 Å². The number of carbonyl (C=O) groups excluding carboxylic acids is 1. The maximum Gasteiger partial charge on any atom is 0.279 e. The van der Waals surface area contributed by atoms with Crippen LogP contribution in [0.15, 0.2) is 55.0 Å². The van der Waals surface area contributed by atoms with E-state index in [-0.39, 0.29) is 17.9 Å². The highest BCUT2D eigenvalue weighted by Crippen LogP contribution is 2.35. The second kappa shape index (κ2) is 6.75. The van der Waals surface area contributed by atoms with Gasteiger partial charge in [-0.05, 0) is 35.4 Å². The zero-order chi connectivity index (χ0) is 19.0. The van der Waals surface area contributed by atoms with Crippen LogP contribution >= 0.6 is 0 Å². The quantitative estimate of drug-likeness (QED) is 0.603. The Labute approximate surface area is 154 Å². The number of fused-ring (bicyclic) bond motifs is 1. The van der Waals surface area contributed by atoms with Gasteiger partial charge < -0.3 is 15.2 Å². The van der Waals surface area contributed by atoms with Gasteiger partial charge in [-0.1, -0.05) is 18.7 Å². The monoisotopic (exact) mass is 367 g/mol. The summed E-state index contributed by atoms with van der Waals surface area (Å²) in [7, 11) is 0. The minimum atomic E-state index is -0.985. The molecule has 1 aliphatic carbocycles. The van der Waals surface area contributed by atoms with E-state index in [9.17, 15) is 14.3 Å². The number of ether oxygens (including phenoxy) is 1. The molecule has 27 heavy (non-hydrogen) atoms. The molecule has 0 radical (unpaired) electrons. The number of carbonyl (C=O) groups is 1. The fraction of sp³-hybridized carbons (Fsp3) is 0.200. The molecule has 6 nitrogen and oxygen atoms in total. The average Bonchev–Trinajstić information content (AvgIpc) is 3.09. The number of phenolic OH excluding ortho intramolecular Hbond substituents is 1. The minimum Gasteiger partial charge on any atom is -0.508 e. The summed E-state index contributed by atoms with van der Waals surface area (Å²) in [5, 5.41) is 19.9. The second-order valence-corrected chi connectivity index (χ2v) is 6.64. The average molecular weight is 367 g/mol. The van der Waals surface area contributed by atoms with Crippen LogP contribution in [0, 0.1) is 0 Å². The summed E-state index contributed by atoms with van der Waals surface area (Å²) in [5.41, 5.74) is 2.71. The van der Waals surface area contributed by atoms with Crippen molar-refractivity contribution in [2.24, 2.45) is 0 Å². The van der Waals surface area contributed by atoms with Crippen LogP contribution in [0.3, 0.4) is 0 Å². The van der Waals surface area contributed by atoms with Crippen LogP contribution in [0.4, 0.5) is 4.39 Å². The first-order valence-corrected chi connectivity index (χ1v) is 8.58. The van der Waals surface area contributed by atoms with Crippen LogP contribution in [0.25, 0.3) is 22.0 Å². The summed E-state index contributed by atoms with van der Waals surface area (Å²) < 4.78 is 18.9. The van der Waals surface area contributed by atoms with Crippen molar-refractivity contribution >= 4 is 16.8 Å². The second-order valence-electron chi connectivity index (χ2n) is 6.64. The Morgan fingerprint density at radius 3 is 2.70 bits per heavy atom. The molecule has 0 aliphatic heterocycles. The van der Waals surface area contributed by atoms with E-state index in [1.807, 2.05) is 24.3 Å². The van der Waals surface area contributed by atoms with Gasteiger partial charge in [0.15, 0.2) is 5.83 Å². The lowest BCUT2D eigenvalue weighted by atomic mass is 9.89. The number of hydrogen-bond acceptors (Lipinski definition) is 4. The third-order valence-corrected chi connectivity index (χ3v) is 4.69. The number of rotatable bonds is 5. The topological polar surface area (TPSA) is 87.2 Å². The number of H-pyrrole nitrogens is 1. The molecule has 1 heterocycles. The van der Waals surface area contributed by atoms with Gasteiger partial charge in [-0.25, -0.2) is 4.39 Å². The van der Waals surface area contributed by atoms with Crippen LogP contribution in [0.1, 0.15) is 12.8 Å². The molecular weight excluding hydrogens is 349 g/mol. The van der Waals surface area contributed by atoms with Crippen molar-refractivity contribution in [2.75, 3.05) is 0 Å². The highest BCUT2D eigenvalue weighted by molar-refractivity contribution is 5.91.